The molecule has 3 atom stereocenters. The summed E-state index contributed by atoms with van der Waals surface area (Å²) in [6, 6.07) is -2.15. The maximum Gasteiger partial charge on any atom is 0.320 e. The van der Waals surface area contributed by atoms with Gasteiger partial charge < -0.3 is 54.8 Å². The van der Waals surface area contributed by atoms with E-state index in [4.69, 9.17) is 59.6 Å². The first-order valence-electron chi connectivity index (χ1n) is 11.0. The van der Waals surface area contributed by atoms with Gasteiger partial charge in [-0.2, -0.15) is 0 Å². The Morgan fingerprint density at radius 2 is 0.706 bits per heavy atom. The van der Waals surface area contributed by atoms with E-state index in [1.54, 1.807) is 0 Å². The number of hydrogen-bond acceptors (Lipinski definition) is 10. The van der Waals surface area contributed by atoms with E-state index in [0.717, 1.165) is 45.4 Å². The molecule has 14 nitrogen and oxygen atoms in total. The van der Waals surface area contributed by atoms with Crippen LogP contribution in [0.1, 0.15) is 64.7 Å². The highest BCUT2D eigenvalue weighted by atomic mass is 16.4. The van der Waals surface area contributed by atoms with Gasteiger partial charge in [-0.3, -0.25) is 19.2 Å². The van der Waals surface area contributed by atoms with Crippen LogP contribution in [0.5, 0.6) is 0 Å². The maximum absolute atomic E-state index is 10.1. The van der Waals surface area contributed by atoms with Crippen LogP contribution in [-0.2, 0) is 19.2 Å². The van der Waals surface area contributed by atoms with Gasteiger partial charge in [-0.15, -0.1) is 0 Å². The summed E-state index contributed by atoms with van der Waals surface area (Å²) >= 11 is 0. The molecular formula is C20H46N6O8. The number of rotatable bonds is 15. The van der Waals surface area contributed by atoms with Crippen LogP contribution in [0.4, 0.5) is 0 Å². The molecule has 0 aliphatic heterocycles. The fraction of sp³-hybridized carbons (Fsp3) is 0.800. The molecule has 204 valence electrons. The molecule has 0 fully saturated rings. The number of aliphatic carboxylic acids is 4. The second-order valence-electron chi connectivity index (χ2n) is 7.21. The number of hydrogen-bond donors (Lipinski definition) is 10. The standard InChI is InChI=1S/3C6H14N2O2.C2H4O2/c3*7-4-2-1-3-5(8)6(9)10;1-2(3)4/h3*5H,1-4,7-8H2,(H,9,10);1H3,(H,3,4). The molecule has 0 heterocycles. The van der Waals surface area contributed by atoms with Crippen LogP contribution >= 0.6 is 0 Å². The summed E-state index contributed by atoms with van der Waals surface area (Å²) in [6.07, 6.45) is 6.49. The van der Waals surface area contributed by atoms with Crippen molar-refractivity contribution in [1.82, 2.24) is 0 Å². The lowest BCUT2D eigenvalue weighted by Crippen LogP contribution is -2.29. The first-order chi connectivity index (χ1) is 15.8. The van der Waals surface area contributed by atoms with Crippen LogP contribution in [0.15, 0.2) is 0 Å². The molecule has 3 unspecified atom stereocenters. The molecule has 16 N–H and O–H groups in total. The molecule has 0 radical (unpaired) electrons. The Morgan fingerprint density at radius 3 is 0.824 bits per heavy atom. The predicted octanol–water partition coefficient (Wildman–Crippen LogP) is -1.33. The van der Waals surface area contributed by atoms with Crippen molar-refractivity contribution in [2.24, 2.45) is 34.4 Å². The average Bonchev–Trinajstić information content (AvgIpc) is 2.74. The third kappa shape index (κ3) is 40.0. The normalized spacial score (nSPS) is 12.2. The Labute approximate surface area is 201 Å². The van der Waals surface area contributed by atoms with Crippen molar-refractivity contribution in [2.75, 3.05) is 19.6 Å². The molecule has 0 rings (SSSR count). The van der Waals surface area contributed by atoms with Crippen LogP contribution < -0.4 is 34.4 Å². The molecule has 34 heavy (non-hydrogen) atoms. The monoisotopic (exact) mass is 498 g/mol. The van der Waals surface area contributed by atoms with Crippen molar-refractivity contribution in [3.05, 3.63) is 0 Å². The lowest BCUT2D eigenvalue weighted by atomic mass is 10.1. The molecule has 0 bridgehead atoms. The van der Waals surface area contributed by atoms with E-state index in [1.165, 1.54) is 0 Å². The van der Waals surface area contributed by atoms with E-state index in [-0.39, 0.29) is 0 Å². The SMILES string of the molecule is CC(=O)O.NCCCCC(N)C(=O)O.NCCCCC(N)C(=O)O.NCCCCC(N)C(=O)O. The highest BCUT2D eigenvalue weighted by molar-refractivity contribution is 5.73. The topological polar surface area (TPSA) is 305 Å². The molecule has 0 aliphatic rings. The van der Waals surface area contributed by atoms with E-state index in [9.17, 15) is 14.4 Å². The van der Waals surface area contributed by atoms with Gasteiger partial charge in [0.25, 0.3) is 5.97 Å². The highest BCUT2D eigenvalue weighted by Crippen LogP contribution is 1.98. The van der Waals surface area contributed by atoms with Gasteiger partial charge in [0.05, 0.1) is 0 Å². The Balaban J connectivity index is -0.000000184. The number of carboxylic acid groups (broad SMARTS) is 4. The smallest absolute Gasteiger partial charge is 0.320 e. The molecule has 0 amide bonds. The van der Waals surface area contributed by atoms with Crippen molar-refractivity contribution in [3.8, 4) is 0 Å². The minimum Gasteiger partial charge on any atom is -0.481 e. The van der Waals surface area contributed by atoms with Gasteiger partial charge in [0.2, 0.25) is 0 Å². The summed E-state index contributed by atoms with van der Waals surface area (Å²) in [5, 5.41) is 32.4. The second kappa shape index (κ2) is 28.7. The Hall–Kier alpha value is -2.36. The maximum atomic E-state index is 10.1. The van der Waals surface area contributed by atoms with Gasteiger partial charge in [0.1, 0.15) is 18.1 Å². The van der Waals surface area contributed by atoms with Gasteiger partial charge in [-0.05, 0) is 58.2 Å². The predicted molar refractivity (Wildman–Crippen MR) is 129 cm³/mol. The number of carbonyl (C=O) groups is 4. The molecule has 0 saturated heterocycles. The van der Waals surface area contributed by atoms with Crippen LogP contribution in [0.25, 0.3) is 0 Å². The molecule has 0 aromatic rings. The minimum atomic E-state index is -0.933. The minimum absolute atomic E-state index is 0.520. The summed E-state index contributed by atoms with van der Waals surface area (Å²) in [5.74, 6) is -3.63. The molecule has 0 aliphatic carbocycles. The molecule has 0 spiro atoms. The van der Waals surface area contributed by atoms with Crippen molar-refractivity contribution < 1.29 is 39.6 Å². The third-order valence-electron chi connectivity index (χ3n) is 3.86. The average molecular weight is 499 g/mol. The van der Waals surface area contributed by atoms with E-state index >= 15 is 0 Å². The van der Waals surface area contributed by atoms with E-state index in [0.29, 0.717) is 38.9 Å². The molecule has 0 aromatic heterocycles. The number of nitrogens with two attached hydrogens (primary N) is 6. The largest absolute Gasteiger partial charge is 0.481 e. The van der Waals surface area contributed by atoms with Crippen LogP contribution in [0.2, 0.25) is 0 Å². The molecular weight excluding hydrogens is 452 g/mol. The Morgan fingerprint density at radius 1 is 0.529 bits per heavy atom. The zero-order valence-electron chi connectivity index (χ0n) is 20.1. The zero-order chi connectivity index (χ0) is 27.5. The van der Waals surface area contributed by atoms with Crippen molar-refractivity contribution in [2.45, 2.75) is 82.8 Å². The van der Waals surface area contributed by atoms with Gasteiger partial charge >= 0.3 is 17.9 Å². The van der Waals surface area contributed by atoms with Gasteiger partial charge in [-0.1, -0.05) is 19.3 Å². The summed E-state index contributed by atoms with van der Waals surface area (Å²) in [6.45, 7) is 2.89. The first-order valence-corrected chi connectivity index (χ1v) is 11.0. The van der Waals surface area contributed by atoms with Crippen molar-refractivity contribution in [1.29, 1.82) is 0 Å². The summed E-state index contributed by atoms with van der Waals surface area (Å²) in [4.78, 5) is 39.4. The van der Waals surface area contributed by atoms with Crippen molar-refractivity contribution in [3.63, 3.8) is 0 Å². The quantitative estimate of drug-likeness (QED) is 0.117. The fourth-order valence-electron chi connectivity index (χ4n) is 1.90. The molecule has 0 saturated carbocycles. The van der Waals surface area contributed by atoms with Gasteiger partial charge in [0, 0.05) is 6.92 Å². The van der Waals surface area contributed by atoms with E-state index < -0.39 is 42.0 Å². The molecule has 0 aromatic carbocycles. The third-order valence-corrected chi connectivity index (χ3v) is 3.86. The zero-order valence-corrected chi connectivity index (χ0v) is 20.1. The van der Waals surface area contributed by atoms with Gasteiger partial charge in [-0.25, -0.2) is 0 Å². The lowest BCUT2D eigenvalue weighted by Gasteiger charge is -2.03. The van der Waals surface area contributed by atoms with E-state index in [2.05, 4.69) is 0 Å². The summed E-state index contributed by atoms with van der Waals surface area (Å²) < 4.78 is 0. The lowest BCUT2D eigenvalue weighted by molar-refractivity contribution is -0.139. The highest BCUT2D eigenvalue weighted by Gasteiger charge is 2.10. The summed E-state index contributed by atoms with van der Waals surface area (Å²) in [7, 11) is 0. The number of unbranched alkanes of at least 4 members (excludes halogenated alkanes) is 3. The number of carboxylic acids is 4. The van der Waals surface area contributed by atoms with Gasteiger partial charge in [0.15, 0.2) is 0 Å². The second-order valence-corrected chi connectivity index (χ2v) is 7.21. The Kier molecular flexibility index (Phi) is 32.8. The fourth-order valence-corrected chi connectivity index (χ4v) is 1.90. The van der Waals surface area contributed by atoms with Crippen LogP contribution in [0.3, 0.4) is 0 Å². The van der Waals surface area contributed by atoms with Crippen LogP contribution in [-0.4, -0.2) is 82.1 Å². The van der Waals surface area contributed by atoms with Crippen LogP contribution in [0, 0.1) is 0 Å². The van der Waals surface area contributed by atoms with E-state index in [1.807, 2.05) is 0 Å². The molecule has 14 heteroatoms. The first kappa shape index (κ1) is 38.9. The van der Waals surface area contributed by atoms with Crippen molar-refractivity contribution >= 4 is 23.9 Å². The summed E-state index contributed by atoms with van der Waals surface area (Å²) in [5.41, 5.74) is 31.3. The Bertz CT molecular complexity index is 459.